The highest BCUT2D eigenvalue weighted by molar-refractivity contribution is 5.87. The molecule has 1 aliphatic carbocycles. The first-order valence-electron chi connectivity index (χ1n) is 6.54. The minimum Gasteiger partial charge on any atom is -0.494 e. The Morgan fingerprint density at radius 3 is 2.75 bits per heavy atom. The Morgan fingerprint density at radius 1 is 1.40 bits per heavy atom. The molecule has 1 aromatic heterocycles. The normalized spacial score (nSPS) is 14.8. The van der Waals surface area contributed by atoms with Crippen LogP contribution in [0.15, 0.2) is 24.3 Å². The molecule has 0 amide bonds. The summed E-state index contributed by atoms with van der Waals surface area (Å²) in [6.07, 6.45) is 3.06. The number of ether oxygens (including phenoxy) is 1. The maximum absolute atomic E-state index is 11.3. The van der Waals surface area contributed by atoms with Crippen LogP contribution in [-0.2, 0) is 0 Å². The third-order valence-corrected chi connectivity index (χ3v) is 3.71. The number of carboxylic acid groups (broad SMARTS) is 1. The number of aromatic nitrogens is 3. The number of methoxy groups -OCH3 is 1. The molecule has 6 heteroatoms. The molecule has 0 radical (unpaired) electrons. The number of aromatic carboxylic acids is 1. The van der Waals surface area contributed by atoms with Crippen LogP contribution in [0, 0.1) is 0 Å². The van der Waals surface area contributed by atoms with Crippen molar-refractivity contribution in [1.82, 2.24) is 15.0 Å². The number of nitrogens with zero attached hydrogens (tertiary/aromatic N) is 3. The molecule has 0 unspecified atom stereocenters. The van der Waals surface area contributed by atoms with Gasteiger partial charge >= 0.3 is 5.97 Å². The van der Waals surface area contributed by atoms with Crippen LogP contribution in [0.1, 0.15) is 41.4 Å². The lowest BCUT2D eigenvalue weighted by Gasteiger charge is -2.26. The second-order valence-electron chi connectivity index (χ2n) is 4.84. The molecule has 1 saturated carbocycles. The van der Waals surface area contributed by atoms with E-state index in [1.807, 2.05) is 24.3 Å². The van der Waals surface area contributed by atoms with Crippen molar-refractivity contribution in [2.24, 2.45) is 0 Å². The Hall–Kier alpha value is -2.37. The Kier molecular flexibility index (Phi) is 3.14. The van der Waals surface area contributed by atoms with Crippen molar-refractivity contribution in [3.05, 3.63) is 35.7 Å². The molecule has 1 aromatic carbocycles. The summed E-state index contributed by atoms with van der Waals surface area (Å²) in [6, 6.07) is 7.40. The molecule has 0 atom stereocenters. The lowest BCUT2D eigenvalue weighted by Crippen LogP contribution is -2.17. The first kappa shape index (κ1) is 12.7. The number of rotatable bonds is 4. The molecule has 104 valence electrons. The van der Waals surface area contributed by atoms with Gasteiger partial charge in [-0.3, -0.25) is 0 Å². The first-order valence-corrected chi connectivity index (χ1v) is 6.54. The Morgan fingerprint density at radius 2 is 2.15 bits per heavy atom. The summed E-state index contributed by atoms with van der Waals surface area (Å²) >= 11 is 0. The van der Waals surface area contributed by atoms with E-state index in [-0.39, 0.29) is 11.6 Å². The molecule has 3 rings (SSSR count). The first-order chi connectivity index (χ1) is 9.72. The summed E-state index contributed by atoms with van der Waals surface area (Å²) in [5, 5.41) is 17.1. The quantitative estimate of drug-likeness (QED) is 0.924. The number of hydrogen-bond acceptors (Lipinski definition) is 4. The van der Waals surface area contributed by atoms with Gasteiger partial charge in [0.2, 0.25) is 0 Å². The van der Waals surface area contributed by atoms with E-state index in [2.05, 4.69) is 10.3 Å². The summed E-state index contributed by atoms with van der Waals surface area (Å²) in [7, 11) is 1.58. The molecule has 2 aromatic rings. The molecule has 1 aliphatic rings. The summed E-state index contributed by atoms with van der Waals surface area (Å²) in [4.78, 5) is 11.3. The summed E-state index contributed by atoms with van der Waals surface area (Å²) in [6.45, 7) is 0. The largest absolute Gasteiger partial charge is 0.494 e. The van der Waals surface area contributed by atoms with Crippen LogP contribution in [0.5, 0.6) is 5.75 Å². The van der Waals surface area contributed by atoms with Crippen LogP contribution >= 0.6 is 0 Å². The van der Waals surface area contributed by atoms with E-state index in [0.29, 0.717) is 11.4 Å². The van der Waals surface area contributed by atoms with Crippen molar-refractivity contribution < 1.29 is 14.6 Å². The van der Waals surface area contributed by atoms with Gasteiger partial charge in [-0.05, 0) is 25.0 Å². The zero-order chi connectivity index (χ0) is 14.1. The molecule has 1 fully saturated rings. The lowest BCUT2D eigenvalue weighted by atomic mass is 9.82. The van der Waals surface area contributed by atoms with Crippen LogP contribution in [0.4, 0.5) is 0 Å². The van der Waals surface area contributed by atoms with Gasteiger partial charge in [0.1, 0.15) is 11.4 Å². The zero-order valence-electron chi connectivity index (χ0n) is 11.1. The topological polar surface area (TPSA) is 77.2 Å². The molecule has 0 bridgehead atoms. The SMILES string of the molecule is COc1ccccc1-n1nnc(C(=O)O)c1C1CCC1. The van der Waals surface area contributed by atoms with E-state index in [4.69, 9.17) is 4.74 Å². The van der Waals surface area contributed by atoms with E-state index in [1.54, 1.807) is 11.8 Å². The fourth-order valence-electron chi connectivity index (χ4n) is 2.47. The van der Waals surface area contributed by atoms with Gasteiger partial charge in [-0.2, -0.15) is 0 Å². The molecule has 6 nitrogen and oxygen atoms in total. The predicted octanol–water partition coefficient (Wildman–Crippen LogP) is 2.24. The van der Waals surface area contributed by atoms with Gasteiger partial charge in [0, 0.05) is 5.92 Å². The molecule has 0 saturated heterocycles. The summed E-state index contributed by atoms with van der Waals surface area (Å²) in [5.74, 6) is -0.177. The smallest absolute Gasteiger partial charge is 0.358 e. The molecule has 0 spiro atoms. The van der Waals surface area contributed by atoms with Gasteiger partial charge in [0.25, 0.3) is 0 Å². The monoisotopic (exact) mass is 273 g/mol. The zero-order valence-corrected chi connectivity index (χ0v) is 11.1. The minimum absolute atomic E-state index is 0.0422. The van der Waals surface area contributed by atoms with Crippen LogP contribution in [0.2, 0.25) is 0 Å². The van der Waals surface area contributed by atoms with Crippen molar-refractivity contribution in [2.45, 2.75) is 25.2 Å². The molecule has 1 N–H and O–H groups in total. The number of hydrogen-bond donors (Lipinski definition) is 1. The lowest BCUT2D eigenvalue weighted by molar-refractivity contribution is 0.0687. The van der Waals surface area contributed by atoms with Crippen LogP contribution < -0.4 is 4.74 Å². The average Bonchev–Trinajstić information content (AvgIpc) is 2.81. The minimum atomic E-state index is -1.03. The van der Waals surface area contributed by atoms with E-state index < -0.39 is 5.97 Å². The van der Waals surface area contributed by atoms with E-state index in [1.165, 1.54) is 0 Å². The van der Waals surface area contributed by atoms with Crippen LogP contribution in [0.3, 0.4) is 0 Å². The summed E-state index contributed by atoms with van der Waals surface area (Å²) < 4.78 is 6.92. The third-order valence-electron chi connectivity index (χ3n) is 3.71. The van der Waals surface area contributed by atoms with Gasteiger partial charge in [0.15, 0.2) is 5.69 Å². The van der Waals surface area contributed by atoms with Crippen LogP contribution in [-0.4, -0.2) is 33.2 Å². The maximum atomic E-state index is 11.3. The Labute approximate surface area is 116 Å². The van der Waals surface area contributed by atoms with Gasteiger partial charge < -0.3 is 9.84 Å². The van der Waals surface area contributed by atoms with Crippen molar-refractivity contribution in [3.63, 3.8) is 0 Å². The Bertz CT molecular complexity index is 647. The molecule has 1 heterocycles. The van der Waals surface area contributed by atoms with Crippen molar-refractivity contribution in [1.29, 1.82) is 0 Å². The number of carboxylic acids is 1. The van der Waals surface area contributed by atoms with Gasteiger partial charge in [0.05, 0.1) is 12.8 Å². The van der Waals surface area contributed by atoms with Crippen molar-refractivity contribution in [3.8, 4) is 11.4 Å². The van der Waals surface area contributed by atoms with Gasteiger partial charge in [-0.25, -0.2) is 9.48 Å². The van der Waals surface area contributed by atoms with Crippen molar-refractivity contribution >= 4 is 5.97 Å². The molecule has 0 aliphatic heterocycles. The maximum Gasteiger partial charge on any atom is 0.358 e. The fraction of sp³-hybridized carbons (Fsp3) is 0.357. The molecular weight excluding hydrogens is 258 g/mol. The highest BCUT2D eigenvalue weighted by Crippen LogP contribution is 2.39. The second-order valence-corrected chi connectivity index (χ2v) is 4.84. The van der Waals surface area contributed by atoms with Gasteiger partial charge in [-0.1, -0.05) is 23.8 Å². The molecule has 20 heavy (non-hydrogen) atoms. The predicted molar refractivity (Wildman–Crippen MR) is 71.5 cm³/mol. The van der Waals surface area contributed by atoms with Crippen LogP contribution in [0.25, 0.3) is 5.69 Å². The van der Waals surface area contributed by atoms with Crippen molar-refractivity contribution in [2.75, 3.05) is 7.11 Å². The number of carbonyl (C=O) groups is 1. The Balaban J connectivity index is 2.16. The number of para-hydroxylation sites is 2. The standard InChI is InChI=1S/C14H15N3O3/c1-20-11-8-3-2-7-10(11)17-13(9-5-4-6-9)12(14(18)19)15-16-17/h2-3,7-9H,4-6H2,1H3,(H,18,19). The average molecular weight is 273 g/mol. The molecular formula is C14H15N3O3. The highest BCUT2D eigenvalue weighted by atomic mass is 16.5. The fourth-order valence-corrected chi connectivity index (χ4v) is 2.47. The third kappa shape index (κ3) is 1.93. The number of benzene rings is 1. The van der Waals surface area contributed by atoms with E-state index in [0.717, 1.165) is 24.9 Å². The van der Waals surface area contributed by atoms with E-state index in [9.17, 15) is 9.90 Å². The highest BCUT2D eigenvalue weighted by Gasteiger charge is 2.31. The second kappa shape index (κ2) is 4.96. The van der Waals surface area contributed by atoms with Gasteiger partial charge in [-0.15, -0.1) is 5.10 Å². The van der Waals surface area contributed by atoms with E-state index >= 15 is 0 Å². The summed E-state index contributed by atoms with van der Waals surface area (Å²) in [5.41, 5.74) is 1.44.